The highest BCUT2D eigenvalue weighted by atomic mass is 32.2. The van der Waals surface area contributed by atoms with Gasteiger partial charge in [-0.1, -0.05) is 6.07 Å². The van der Waals surface area contributed by atoms with Gasteiger partial charge in [-0.25, -0.2) is 13.1 Å². The largest absolute Gasteiger partial charge is 0.320 e. The summed E-state index contributed by atoms with van der Waals surface area (Å²) in [6.45, 7) is 8.87. The van der Waals surface area contributed by atoms with E-state index < -0.39 is 10.0 Å². The van der Waals surface area contributed by atoms with Crippen molar-refractivity contribution in [2.75, 3.05) is 20.1 Å². The van der Waals surface area contributed by atoms with Gasteiger partial charge in [0, 0.05) is 6.54 Å². The Hall–Kier alpha value is -0.910. The molecule has 19 heavy (non-hydrogen) atoms. The van der Waals surface area contributed by atoms with E-state index in [9.17, 15) is 8.42 Å². The Labute approximate surface area is 116 Å². The lowest BCUT2D eigenvalue weighted by molar-refractivity contribution is 0.575. The molecular formula is C14H24N2O2S. The summed E-state index contributed by atoms with van der Waals surface area (Å²) in [4.78, 5) is 0.439. The highest BCUT2D eigenvalue weighted by molar-refractivity contribution is 7.89. The third kappa shape index (κ3) is 3.78. The summed E-state index contributed by atoms with van der Waals surface area (Å²) in [6, 6.07) is 2.03. The average Bonchev–Trinajstić information content (AvgIpc) is 2.32. The van der Waals surface area contributed by atoms with Crippen LogP contribution in [0.3, 0.4) is 0 Å². The molecule has 108 valence electrons. The van der Waals surface area contributed by atoms with Gasteiger partial charge in [-0.3, -0.25) is 0 Å². The molecule has 0 unspecified atom stereocenters. The molecule has 1 rings (SSSR count). The molecule has 2 N–H and O–H groups in total. The zero-order chi connectivity index (χ0) is 14.6. The lowest BCUT2D eigenvalue weighted by Crippen LogP contribution is -2.28. The zero-order valence-electron chi connectivity index (χ0n) is 12.4. The SMILES string of the molecule is CNCCCNS(=O)(=O)c1c(C)c(C)cc(C)c1C. The first-order valence-electron chi connectivity index (χ1n) is 6.53. The molecule has 0 amide bonds. The molecule has 4 nitrogen and oxygen atoms in total. The van der Waals surface area contributed by atoms with Crippen LogP contribution < -0.4 is 10.0 Å². The van der Waals surface area contributed by atoms with Gasteiger partial charge in [0.1, 0.15) is 0 Å². The van der Waals surface area contributed by atoms with Crippen LogP contribution in [0.4, 0.5) is 0 Å². The quantitative estimate of drug-likeness (QED) is 0.783. The summed E-state index contributed by atoms with van der Waals surface area (Å²) in [7, 11) is -1.57. The zero-order valence-corrected chi connectivity index (χ0v) is 13.2. The van der Waals surface area contributed by atoms with Crippen LogP contribution in [0.15, 0.2) is 11.0 Å². The maximum absolute atomic E-state index is 12.4. The minimum atomic E-state index is -3.42. The number of benzene rings is 1. The number of sulfonamides is 1. The molecule has 0 fully saturated rings. The Morgan fingerprint density at radius 1 is 1.00 bits per heavy atom. The van der Waals surface area contributed by atoms with E-state index in [4.69, 9.17) is 0 Å². The lowest BCUT2D eigenvalue weighted by Gasteiger charge is -2.16. The monoisotopic (exact) mass is 284 g/mol. The Morgan fingerprint density at radius 3 is 2.00 bits per heavy atom. The van der Waals surface area contributed by atoms with Gasteiger partial charge >= 0.3 is 0 Å². The van der Waals surface area contributed by atoms with E-state index in [-0.39, 0.29) is 0 Å². The molecule has 0 spiro atoms. The van der Waals surface area contributed by atoms with Crippen LogP contribution in [-0.2, 0) is 10.0 Å². The molecule has 0 aromatic heterocycles. The minimum Gasteiger partial charge on any atom is -0.320 e. The minimum absolute atomic E-state index is 0.439. The molecule has 1 aromatic carbocycles. The Balaban J connectivity index is 3.08. The second kappa shape index (κ2) is 6.50. The van der Waals surface area contributed by atoms with E-state index in [1.54, 1.807) is 0 Å². The molecule has 0 aliphatic rings. The molecule has 1 aromatic rings. The first-order valence-corrected chi connectivity index (χ1v) is 8.01. The number of rotatable bonds is 6. The first-order chi connectivity index (χ1) is 8.81. The van der Waals surface area contributed by atoms with E-state index in [1.807, 2.05) is 40.8 Å². The van der Waals surface area contributed by atoms with Crippen molar-refractivity contribution in [3.8, 4) is 0 Å². The fourth-order valence-electron chi connectivity index (χ4n) is 2.13. The van der Waals surface area contributed by atoms with Crippen LogP contribution in [0.1, 0.15) is 28.7 Å². The second-order valence-electron chi connectivity index (χ2n) is 4.94. The van der Waals surface area contributed by atoms with Crippen LogP contribution in [0.25, 0.3) is 0 Å². The molecular weight excluding hydrogens is 260 g/mol. The van der Waals surface area contributed by atoms with Gasteiger partial charge in [0.2, 0.25) is 10.0 Å². The van der Waals surface area contributed by atoms with Crippen molar-refractivity contribution in [1.82, 2.24) is 10.0 Å². The van der Waals surface area contributed by atoms with E-state index in [0.29, 0.717) is 11.4 Å². The van der Waals surface area contributed by atoms with Gasteiger partial charge < -0.3 is 5.32 Å². The molecule has 0 saturated heterocycles. The van der Waals surface area contributed by atoms with Crippen LogP contribution >= 0.6 is 0 Å². The van der Waals surface area contributed by atoms with Gasteiger partial charge in [0.25, 0.3) is 0 Å². The summed E-state index contributed by atoms with van der Waals surface area (Å²) >= 11 is 0. The van der Waals surface area contributed by atoms with E-state index in [0.717, 1.165) is 35.2 Å². The highest BCUT2D eigenvalue weighted by Crippen LogP contribution is 2.25. The average molecular weight is 284 g/mol. The number of hydrogen-bond donors (Lipinski definition) is 2. The molecule has 0 atom stereocenters. The van der Waals surface area contributed by atoms with Gasteiger partial charge in [-0.15, -0.1) is 0 Å². The standard InChI is InChI=1S/C14H24N2O2S/c1-10-9-11(2)13(4)14(12(10)3)19(17,18)16-8-6-7-15-5/h9,15-16H,6-8H2,1-5H3. The summed E-state index contributed by atoms with van der Waals surface area (Å²) in [5.74, 6) is 0. The van der Waals surface area contributed by atoms with Gasteiger partial charge in [-0.2, -0.15) is 0 Å². The third-order valence-electron chi connectivity index (χ3n) is 3.46. The number of hydrogen-bond acceptors (Lipinski definition) is 3. The highest BCUT2D eigenvalue weighted by Gasteiger charge is 2.21. The van der Waals surface area contributed by atoms with Crippen molar-refractivity contribution in [3.05, 3.63) is 28.3 Å². The molecule has 0 bridgehead atoms. The fraction of sp³-hybridized carbons (Fsp3) is 0.571. The molecule has 0 heterocycles. The van der Waals surface area contributed by atoms with Crippen LogP contribution in [0.2, 0.25) is 0 Å². The summed E-state index contributed by atoms with van der Waals surface area (Å²) < 4.78 is 27.5. The summed E-state index contributed by atoms with van der Waals surface area (Å²) in [5.41, 5.74) is 3.70. The van der Waals surface area contributed by atoms with Crippen molar-refractivity contribution in [3.63, 3.8) is 0 Å². The van der Waals surface area contributed by atoms with E-state index in [2.05, 4.69) is 10.0 Å². The lowest BCUT2D eigenvalue weighted by atomic mass is 10.0. The molecule has 5 heteroatoms. The predicted molar refractivity (Wildman–Crippen MR) is 79.1 cm³/mol. The van der Waals surface area contributed by atoms with Crippen LogP contribution in [0.5, 0.6) is 0 Å². The smallest absolute Gasteiger partial charge is 0.241 e. The Bertz CT molecular complexity index is 525. The summed E-state index contributed by atoms with van der Waals surface area (Å²) in [6.07, 6.45) is 0.776. The van der Waals surface area contributed by atoms with Crippen molar-refractivity contribution < 1.29 is 8.42 Å². The fourth-order valence-corrected chi connectivity index (χ4v) is 3.81. The molecule has 0 aliphatic carbocycles. The third-order valence-corrected chi connectivity index (χ3v) is 5.20. The van der Waals surface area contributed by atoms with Crippen molar-refractivity contribution in [1.29, 1.82) is 0 Å². The maximum Gasteiger partial charge on any atom is 0.241 e. The van der Waals surface area contributed by atoms with Crippen LogP contribution in [-0.4, -0.2) is 28.6 Å². The maximum atomic E-state index is 12.4. The molecule has 0 radical (unpaired) electrons. The normalized spacial score (nSPS) is 11.8. The molecule has 0 aliphatic heterocycles. The molecule has 0 saturated carbocycles. The Kier molecular flexibility index (Phi) is 5.52. The van der Waals surface area contributed by atoms with Crippen molar-refractivity contribution in [2.45, 2.75) is 39.0 Å². The number of aryl methyl sites for hydroxylation is 2. The second-order valence-corrected chi connectivity index (χ2v) is 6.65. The van der Waals surface area contributed by atoms with Crippen molar-refractivity contribution in [2.24, 2.45) is 0 Å². The van der Waals surface area contributed by atoms with Gasteiger partial charge in [0.15, 0.2) is 0 Å². The topological polar surface area (TPSA) is 58.2 Å². The van der Waals surface area contributed by atoms with Crippen molar-refractivity contribution >= 4 is 10.0 Å². The van der Waals surface area contributed by atoms with E-state index >= 15 is 0 Å². The number of nitrogens with one attached hydrogen (secondary N) is 2. The predicted octanol–water partition coefficient (Wildman–Crippen LogP) is 1.81. The Morgan fingerprint density at radius 2 is 1.53 bits per heavy atom. The van der Waals surface area contributed by atoms with Gasteiger partial charge in [0.05, 0.1) is 4.90 Å². The summed E-state index contributed by atoms with van der Waals surface area (Å²) in [5, 5.41) is 3.00. The van der Waals surface area contributed by atoms with E-state index in [1.165, 1.54) is 0 Å². The first kappa shape index (κ1) is 16.1. The van der Waals surface area contributed by atoms with Gasteiger partial charge in [-0.05, 0) is 70.0 Å². The van der Waals surface area contributed by atoms with Crippen LogP contribution in [0, 0.1) is 27.7 Å².